The van der Waals surface area contributed by atoms with Gasteiger partial charge >= 0.3 is 0 Å². The quantitative estimate of drug-likeness (QED) is 0.614. The van der Waals surface area contributed by atoms with Gasteiger partial charge in [-0.05, 0) is 24.6 Å². The smallest absolute Gasteiger partial charge is 0.244 e. The zero-order chi connectivity index (χ0) is 16.7. The largest absolute Gasteiger partial charge is 0.353 e. The van der Waals surface area contributed by atoms with Crippen LogP contribution in [0.25, 0.3) is 11.8 Å². The van der Waals surface area contributed by atoms with Crippen molar-refractivity contribution < 1.29 is 13.2 Å². The molecule has 0 aliphatic carbocycles. The van der Waals surface area contributed by atoms with Crippen LogP contribution in [0, 0.1) is 0 Å². The Bertz CT molecular complexity index is 780. The molecule has 0 aliphatic rings. The van der Waals surface area contributed by atoms with E-state index in [1.165, 1.54) is 12.3 Å². The van der Waals surface area contributed by atoms with Gasteiger partial charge in [0, 0.05) is 30.6 Å². The van der Waals surface area contributed by atoms with Crippen LogP contribution >= 0.6 is 0 Å². The zero-order valence-corrected chi connectivity index (χ0v) is 13.7. The van der Waals surface area contributed by atoms with Gasteiger partial charge in [-0.2, -0.15) is 5.10 Å². The van der Waals surface area contributed by atoms with E-state index in [4.69, 9.17) is 0 Å². The summed E-state index contributed by atoms with van der Waals surface area (Å²) in [6.07, 6.45) is 8.15. The maximum Gasteiger partial charge on any atom is 0.244 e. The van der Waals surface area contributed by atoms with Crippen molar-refractivity contribution in [3.63, 3.8) is 0 Å². The number of carbonyl (C=O) groups excluding carboxylic acids is 1. The molecular formula is C16H19N3O3S. The number of hydrogen-bond acceptors (Lipinski definition) is 4. The van der Waals surface area contributed by atoms with Crippen molar-refractivity contribution >= 4 is 21.8 Å². The normalized spacial score (nSPS) is 11.7. The second kappa shape index (κ2) is 7.73. The number of amides is 1. The lowest BCUT2D eigenvalue weighted by molar-refractivity contribution is -0.116. The Balaban J connectivity index is 1.83. The second-order valence-corrected chi connectivity index (χ2v) is 7.42. The van der Waals surface area contributed by atoms with Crippen molar-refractivity contribution in [2.24, 2.45) is 0 Å². The molecule has 0 radical (unpaired) electrons. The molecule has 1 N–H and O–H groups in total. The van der Waals surface area contributed by atoms with Gasteiger partial charge in [0.1, 0.15) is 9.84 Å². The monoisotopic (exact) mass is 333 g/mol. The van der Waals surface area contributed by atoms with Gasteiger partial charge in [-0.15, -0.1) is 0 Å². The van der Waals surface area contributed by atoms with Gasteiger partial charge in [0.05, 0.1) is 17.6 Å². The van der Waals surface area contributed by atoms with Gasteiger partial charge < -0.3 is 5.32 Å². The van der Waals surface area contributed by atoms with Gasteiger partial charge in [0.25, 0.3) is 0 Å². The van der Waals surface area contributed by atoms with Crippen LogP contribution in [0.2, 0.25) is 0 Å². The maximum absolute atomic E-state index is 11.6. The van der Waals surface area contributed by atoms with Crippen molar-refractivity contribution in [1.29, 1.82) is 0 Å². The summed E-state index contributed by atoms with van der Waals surface area (Å²) in [7, 11) is -2.98. The average molecular weight is 333 g/mol. The van der Waals surface area contributed by atoms with Gasteiger partial charge in [-0.25, -0.2) is 13.1 Å². The molecule has 0 saturated carbocycles. The lowest BCUT2D eigenvalue weighted by Gasteiger charge is -2.00. The fraction of sp³-hybridized carbons (Fsp3) is 0.250. The van der Waals surface area contributed by atoms with Crippen LogP contribution in [-0.2, 0) is 14.6 Å². The predicted octanol–water partition coefficient (Wildman–Crippen LogP) is 1.44. The Morgan fingerprint density at radius 2 is 2.04 bits per heavy atom. The van der Waals surface area contributed by atoms with Crippen molar-refractivity contribution in [3.05, 3.63) is 54.4 Å². The number of para-hydroxylation sites is 1. The topological polar surface area (TPSA) is 81.1 Å². The summed E-state index contributed by atoms with van der Waals surface area (Å²) in [5, 5.41) is 6.88. The van der Waals surface area contributed by atoms with E-state index in [2.05, 4.69) is 10.4 Å². The lowest BCUT2D eigenvalue weighted by atomic mass is 10.3. The third-order valence-corrected chi connectivity index (χ3v) is 4.07. The molecule has 6 nitrogen and oxygen atoms in total. The van der Waals surface area contributed by atoms with Crippen LogP contribution in [0.3, 0.4) is 0 Å². The van der Waals surface area contributed by atoms with E-state index in [1.807, 2.05) is 36.5 Å². The molecular weight excluding hydrogens is 314 g/mol. The maximum atomic E-state index is 11.6. The van der Waals surface area contributed by atoms with Crippen LogP contribution in [0.5, 0.6) is 0 Å². The minimum Gasteiger partial charge on any atom is -0.353 e. The zero-order valence-electron chi connectivity index (χ0n) is 12.8. The first-order valence-electron chi connectivity index (χ1n) is 7.18. The van der Waals surface area contributed by atoms with Gasteiger partial charge in [0.15, 0.2) is 0 Å². The summed E-state index contributed by atoms with van der Waals surface area (Å²) in [5.74, 6) is -0.188. The van der Waals surface area contributed by atoms with Crippen LogP contribution < -0.4 is 5.32 Å². The number of sulfone groups is 1. The van der Waals surface area contributed by atoms with Gasteiger partial charge in [-0.3, -0.25) is 4.79 Å². The number of nitrogens with one attached hydrogen (secondary N) is 1. The number of hydrogen-bond donors (Lipinski definition) is 1. The number of benzene rings is 1. The Kier molecular flexibility index (Phi) is 5.70. The fourth-order valence-corrected chi connectivity index (χ4v) is 2.59. The molecule has 1 aromatic heterocycles. The first kappa shape index (κ1) is 17.0. The van der Waals surface area contributed by atoms with Crippen LogP contribution in [0.1, 0.15) is 12.0 Å². The van der Waals surface area contributed by atoms with Crippen LogP contribution in [-0.4, -0.2) is 42.7 Å². The van der Waals surface area contributed by atoms with E-state index in [1.54, 1.807) is 17.0 Å². The molecule has 7 heteroatoms. The molecule has 0 bridgehead atoms. The summed E-state index contributed by atoms with van der Waals surface area (Å²) < 4.78 is 23.7. The predicted molar refractivity (Wildman–Crippen MR) is 89.9 cm³/mol. The second-order valence-electron chi connectivity index (χ2n) is 5.16. The summed E-state index contributed by atoms with van der Waals surface area (Å²) in [4.78, 5) is 11.6. The summed E-state index contributed by atoms with van der Waals surface area (Å²) in [6, 6.07) is 9.67. The van der Waals surface area contributed by atoms with Crippen molar-refractivity contribution in [2.75, 3.05) is 18.6 Å². The summed E-state index contributed by atoms with van der Waals surface area (Å²) in [5.41, 5.74) is 1.75. The highest BCUT2D eigenvalue weighted by molar-refractivity contribution is 7.90. The average Bonchev–Trinajstić information content (AvgIpc) is 2.98. The molecule has 1 heterocycles. The number of carbonyl (C=O) groups is 1. The molecule has 0 saturated heterocycles. The fourth-order valence-electron chi connectivity index (χ4n) is 1.92. The molecule has 122 valence electrons. The highest BCUT2D eigenvalue weighted by atomic mass is 32.2. The third-order valence-electron chi connectivity index (χ3n) is 3.04. The van der Waals surface area contributed by atoms with E-state index >= 15 is 0 Å². The molecule has 2 rings (SSSR count). The van der Waals surface area contributed by atoms with E-state index in [0.29, 0.717) is 13.0 Å². The van der Waals surface area contributed by atoms with Crippen molar-refractivity contribution in [3.8, 4) is 5.69 Å². The Morgan fingerprint density at radius 1 is 1.30 bits per heavy atom. The van der Waals surface area contributed by atoms with Gasteiger partial charge in [-0.1, -0.05) is 18.2 Å². The summed E-state index contributed by atoms with van der Waals surface area (Å²) >= 11 is 0. The SMILES string of the molecule is CS(=O)(=O)CCCNC(=O)/C=C\c1cnn(-c2ccccc2)c1. The first-order valence-corrected chi connectivity index (χ1v) is 9.24. The third kappa shape index (κ3) is 6.07. The molecule has 1 aromatic carbocycles. The highest BCUT2D eigenvalue weighted by Gasteiger charge is 2.02. The number of nitrogens with zero attached hydrogens (tertiary/aromatic N) is 2. The van der Waals surface area contributed by atoms with E-state index < -0.39 is 9.84 Å². The molecule has 2 aromatic rings. The minimum absolute atomic E-state index is 0.0703. The number of rotatable bonds is 7. The van der Waals surface area contributed by atoms with Crippen molar-refractivity contribution in [2.45, 2.75) is 6.42 Å². The molecule has 23 heavy (non-hydrogen) atoms. The van der Waals surface area contributed by atoms with Crippen LogP contribution in [0.15, 0.2) is 48.8 Å². The molecule has 0 spiro atoms. The minimum atomic E-state index is -2.98. The molecule has 0 unspecified atom stereocenters. The number of aromatic nitrogens is 2. The molecule has 0 fully saturated rings. The van der Waals surface area contributed by atoms with E-state index in [0.717, 1.165) is 11.3 Å². The lowest BCUT2D eigenvalue weighted by Crippen LogP contribution is -2.23. The van der Waals surface area contributed by atoms with E-state index in [9.17, 15) is 13.2 Å². The Labute approximate surface area is 135 Å². The Morgan fingerprint density at radius 3 is 2.74 bits per heavy atom. The molecule has 0 atom stereocenters. The Hall–Kier alpha value is -2.41. The van der Waals surface area contributed by atoms with Gasteiger partial charge in [0.2, 0.25) is 5.91 Å². The standard InChI is InChI=1S/C16H19N3O3S/c1-23(21,22)11-5-10-17-16(20)9-8-14-12-18-19(13-14)15-6-3-2-4-7-15/h2-4,6-9,12-13H,5,10-11H2,1H3,(H,17,20)/b9-8-. The molecule has 0 aliphatic heterocycles. The molecule has 1 amide bonds. The van der Waals surface area contributed by atoms with E-state index in [-0.39, 0.29) is 11.7 Å². The first-order chi connectivity index (χ1) is 10.9. The van der Waals surface area contributed by atoms with Crippen molar-refractivity contribution in [1.82, 2.24) is 15.1 Å². The summed E-state index contributed by atoms with van der Waals surface area (Å²) in [6.45, 7) is 0.333. The van der Waals surface area contributed by atoms with Crippen LogP contribution in [0.4, 0.5) is 0 Å². The highest BCUT2D eigenvalue weighted by Crippen LogP contribution is 2.08.